The number of halogens is 1. The van der Waals surface area contributed by atoms with Gasteiger partial charge in [-0.2, -0.15) is 0 Å². The number of aromatic nitrogens is 1. The van der Waals surface area contributed by atoms with Gasteiger partial charge < -0.3 is 10.2 Å². The predicted molar refractivity (Wildman–Crippen MR) is 62.6 cm³/mol. The van der Waals surface area contributed by atoms with Gasteiger partial charge in [-0.05, 0) is 19.1 Å². The largest absolute Gasteiger partial charge is 0.334 e. The zero-order valence-electron chi connectivity index (χ0n) is 9.11. The molecule has 1 aromatic rings. The minimum Gasteiger partial charge on any atom is -0.334 e. The maximum atomic E-state index is 12.1. The molecule has 0 radical (unpaired) electrons. The van der Waals surface area contributed by atoms with Gasteiger partial charge in [-0.25, -0.2) is 0 Å². The number of piperazine rings is 1. The van der Waals surface area contributed by atoms with Crippen LogP contribution in [0.25, 0.3) is 0 Å². The molecule has 5 heteroatoms. The van der Waals surface area contributed by atoms with Crippen LogP contribution in [-0.4, -0.2) is 41.5 Å². The lowest BCUT2D eigenvalue weighted by atomic mass is 10.2. The Balaban J connectivity index is 2.12. The first-order valence-corrected chi connectivity index (χ1v) is 5.69. The second kappa shape index (κ2) is 4.80. The van der Waals surface area contributed by atoms with Crippen LogP contribution in [0.2, 0.25) is 5.02 Å². The monoisotopic (exact) mass is 239 g/mol. The fourth-order valence-corrected chi connectivity index (χ4v) is 1.96. The standard InChI is InChI=1S/C11H14ClN3O/c1-8-7-15(5-4-13-8)11(16)10-6-9(12)2-3-14-10/h2-3,6,8,13H,4-5,7H2,1H3/t8-/m1/s1. The van der Waals surface area contributed by atoms with E-state index in [2.05, 4.69) is 17.2 Å². The third-order valence-corrected chi connectivity index (χ3v) is 2.83. The highest BCUT2D eigenvalue weighted by Crippen LogP contribution is 2.11. The molecule has 1 aliphatic heterocycles. The van der Waals surface area contributed by atoms with Gasteiger partial charge in [0.05, 0.1) is 0 Å². The molecule has 0 aliphatic carbocycles. The summed E-state index contributed by atoms with van der Waals surface area (Å²) in [6, 6.07) is 3.60. The summed E-state index contributed by atoms with van der Waals surface area (Å²) >= 11 is 5.83. The minimum atomic E-state index is -0.0455. The van der Waals surface area contributed by atoms with Crippen LogP contribution in [0.15, 0.2) is 18.3 Å². The molecule has 0 bridgehead atoms. The summed E-state index contributed by atoms with van der Waals surface area (Å²) in [6.45, 7) is 4.32. The number of pyridine rings is 1. The van der Waals surface area contributed by atoms with Crippen LogP contribution >= 0.6 is 11.6 Å². The lowest BCUT2D eigenvalue weighted by Crippen LogP contribution is -2.51. The van der Waals surface area contributed by atoms with Crippen molar-refractivity contribution in [2.45, 2.75) is 13.0 Å². The Labute approximate surface area is 99.6 Å². The lowest BCUT2D eigenvalue weighted by molar-refractivity contribution is 0.0703. The highest BCUT2D eigenvalue weighted by Gasteiger charge is 2.22. The Morgan fingerprint density at radius 2 is 2.50 bits per heavy atom. The zero-order valence-corrected chi connectivity index (χ0v) is 9.87. The van der Waals surface area contributed by atoms with Crippen LogP contribution in [0, 0.1) is 0 Å². The van der Waals surface area contributed by atoms with E-state index < -0.39 is 0 Å². The summed E-state index contributed by atoms with van der Waals surface area (Å²) in [6.07, 6.45) is 1.56. The summed E-state index contributed by atoms with van der Waals surface area (Å²) in [4.78, 5) is 17.9. The Morgan fingerprint density at radius 1 is 1.69 bits per heavy atom. The quantitative estimate of drug-likeness (QED) is 0.800. The van der Waals surface area contributed by atoms with Crippen molar-refractivity contribution in [3.8, 4) is 0 Å². The summed E-state index contributed by atoms with van der Waals surface area (Å²) in [7, 11) is 0. The topological polar surface area (TPSA) is 45.2 Å². The third kappa shape index (κ3) is 2.51. The molecule has 16 heavy (non-hydrogen) atoms. The highest BCUT2D eigenvalue weighted by molar-refractivity contribution is 6.30. The first-order chi connectivity index (χ1) is 7.66. The normalized spacial score (nSPS) is 20.9. The van der Waals surface area contributed by atoms with Gasteiger partial charge >= 0.3 is 0 Å². The van der Waals surface area contributed by atoms with E-state index in [4.69, 9.17) is 11.6 Å². The van der Waals surface area contributed by atoms with E-state index >= 15 is 0 Å². The van der Waals surface area contributed by atoms with Crippen molar-refractivity contribution in [1.82, 2.24) is 15.2 Å². The number of carbonyl (C=O) groups is 1. The van der Waals surface area contributed by atoms with Crippen LogP contribution in [0.4, 0.5) is 0 Å². The summed E-state index contributed by atoms with van der Waals surface area (Å²) < 4.78 is 0. The van der Waals surface area contributed by atoms with Crippen molar-refractivity contribution < 1.29 is 4.79 Å². The molecule has 1 atom stereocenters. The van der Waals surface area contributed by atoms with E-state index in [0.29, 0.717) is 23.3 Å². The van der Waals surface area contributed by atoms with Crippen LogP contribution < -0.4 is 5.32 Å². The second-order valence-electron chi connectivity index (χ2n) is 3.97. The Morgan fingerprint density at radius 3 is 3.19 bits per heavy atom. The average molecular weight is 240 g/mol. The number of hydrogen-bond donors (Lipinski definition) is 1. The molecular weight excluding hydrogens is 226 g/mol. The minimum absolute atomic E-state index is 0.0455. The van der Waals surface area contributed by atoms with Crippen molar-refractivity contribution in [3.63, 3.8) is 0 Å². The molecule has 1 aromatic heterocycles. The third-order valence-electron chi connectivity index (χ3n) is 2.60. The molecule has 0 saturated carbocycles. The number of nitrogens with zero attached hydrogens (tertiary/aromatic N) is 2. The van der Waals surface area contributed by atoms with Crippen molar-refractivity contribution >= 4 is 17.5 Å². The number of hydrogen-bond acceptors (Lipinski definition) is 3. The molecule has 2 heterocycles. The lowest BCUT2D eigenvalue weighted by Gasteiger charge is -2.31. The van der Waals surface area contributed by atoms with Crippen molar-refractivity contribution in [3.05, 3.63) is 29.0 Å². The maximum Gasteiger partial charge on any atom is 0.272 e. The molecular formula is C11H14ClN3O. The van der Waals surface area contributed by atoms with E-state index in [-0.39, 0.29) is 5.91 Å². The first kappa shape index (κ1) is 11.4. The Hall–Kier alpha value is -1.13. The zero-order chi connectivity index (χ0) is 11.5. The molecule has 1 amide bonds. The predicted octanol–water partition coefficient (Wildman–Crippen LogP) is 1.17. The summed E-state index contributed by atoms with van der Waals surface area (Å²) in [5.41, 5.74) is 0.418. The van der Waals surface area contributed by atoms with E-state index in [1.165, 1.54) is 0 Å². The number of nitrogens with one attached hydrogen (secondary N) is 1. The van der Waals surface area contributed by atoms with E-state index in [1.54, 1.807) is 23.2 Å². The molecule has 0 unspecified atom stereocenters. The fourth-order valence-electron chi connectivity index (χ4n) is 1.80. The molecule has 1 aliphatic rings. The molecule has 86 valence electrons. The fraction of sp³-hybridized carbons (Fsp3) is 0.455. The van der Waals surface area contributed by atoms with Gasteiger partial charge in [0.25, 0.3) is 5.91 Å². The molecule has 1 fully saturated rings. The van der Waals surface area contributed by atoms with Crippen molar-refractivity contribution in [1.29, 1.82) is 0 Å². The van der Waals surface area contributed by atoms with Gasteiger partial charge in [-0.3, -0.25) is 9.78 Å². The molecule has 4 nitrogen and oxygen atoms in total. The molecule has 0 spiro atoms. The number of carbonyl (C=O) groups excluding carboxylic acids is 1. The van der Waals surface area contributed by atoms with E-state index in [1.807, 2.05) is 0 Å². The van der Waals surface area contributed by atoms with Crippen molar-refractivity contribution in [2.75, 3.05) is 19.6 Å². The van der Waals surface area contributed by atoms with Crippen LogP contribution in [0.5, 0.6) is 0 Å². The molecule has 1 saturated heterocycles. The molecule has 1 N–H and O–H groups in total. The van der Waals surface area contributed by atoms with Gasteiger partial charge in [0.15, 0.2) is 0 Å². The van der Waals surface area contributed by atoms with Gasteiger partial charge in [0.1, 0.15) is 5.69 Å². The number of amides is 1. The van der Waals surface area contributed by atoms with Crippen LogP contribution in [0.1, 0.15) is 17.4 Å². The SMILES string of the molecule is C[C@@H]1CN(C(=O)c2cc(Cl)ccn2)CCN1. The van der Waals surface area contributed by atoms with Crippen molar-refractivity contribution in [2.24, 2.45) is 0 Å². The smallest absolute Gasteiger partial charge is 0.272 e. The number of rotatable bonds is 1. The van der Waals surface area contributed by atoms with Gasteiger partial charge in [-0.1, -0.05) is 11.6 Å². The Bertz CT molecular complexity index is 397. The average Bonchev–Trinajstić information content (AvgIpc) is 2.28. The maximum absolute atomic E-state index is 12.1. The van der Waals surface area contributed by atoms with E-state index in [9.17, 15) is 4.79 Å². The summed E-state index contributed by atoms with van der Waals surface area (Å²) in [5.74, 6) is -0.0455. The first-order valence-electron chi connectivity index (χ1n) is 5.31. The molecule has 0 aromatic carbocycles. The van der Waals surface area contributed by atoms with Crippen LogP contribution in [-0.2, 0) is 0 Å². The molecule has 2 rings (SSSR count). The van der Waals surface area contributed by atoms with Gasteiger partial charge in [0.2, 0.25) is 0 Å². The Kier molecular flexibility index (Phi) is 3.41. The van der Waals surface area contributed by atoms with Crippen LogP contribution in [0.3, 0.4) is 0 Å². The summed E-state index contributed by atoms with van der Waals surface area (Å²) in [5, 5.41) is 3.83. The van der Waals surface area contributed by atoms with Gasteiger partial charge in [-0.15, -0.1) is 0 Å². The van der Waals surface area contributed by atoms with E-state index in [0.717, 1.165) is 13.1 Å². The highest BCUT2D eigenvalue weighted by atomic mass is 35.5. The second-order valence-corrected chi connectivity index (χ2v) is 4.40. The van der Waals surface area contributed by atoms with Gasteiger partial charge in [0, 0.05) is 36.9 Å².